The van der Waals surface area contributed by atoms with Gasteiger partial charge in [-0.25, -0.2) is 4.39 Å². The molecule has 180 valence electrons. The lowest BCUT2D eigenvalue weighted by molar-refractivity contribution is -0.127. The summed E-state index contributed by atoms with van der Waals surface area (Å²) in [6, 6.07) is 5.79. The monoisotopic (exact) mass is 467 g/mol. The van der Waals surface area contributed by atoms with Gasteiger partial charge in [0.05, 0.1) is 12.1 Å². The van der Waals surface area contributed by atoms with E-state index in [0.29, 0.717) is 54.7 Å². The van der Waals surface area contributed by atoms with Gasteiger partial charge in [0.15, 0.2) is 0 Å². The van der Waals surface area contributed by atoms with Crippen molar-refractivity contribution in [3.63, 3.8) is 0 Å². The van der Waals surface area contributed by atoms with Crippen LogP contribution in [0.25, 0.3) is 5.57 Å². The summed E-state index contributed by atoms with van der Waals surface area (Å²) < 4.78 is 20.1. The number of carbonyl (C=O) groups excluding carboxylic acids is 2. The predicted octanol–water partition coefficient (Wildman–Crippen LogP) is 2.05. The second kappa shape index (κ2) is 10.9. The summed E-state index contributed by atoms with van der Waals surface area (Å²) in [7, 11) is 0. The van der Waals surface area contributed by atoms with Gasteiger partial charge < -0.3 is 26.1 Å². The molecule has 0 spiro atoms. The van der Waals surface area contributed by atoms with Crippen molar-refractivity contribution < 1.29 is 18.7 Å². The van der Waals surface area contributed by atoms with Gasteiger partial charge in [-0.05, 0) is 55.2 Å². The molecule has 3 aliphatic rings. The van der Waals surface area contributed by atoms with Gasteiger partial charge in [-0.15, -0.1) is 0 Å². The highest BCUT2D eigenvalue weighted by atomic mass is 19.1. The van der Waals surface area contributed by atoms with Crippen LogP contribution in [0.1, 0.15) is 43.2 Å². The molecule has 0 radical (unpaired) electrons. The van der Waals surface area contributed by atoms with Crippen LogP contribution in [-0.4, -0.2) is 49.4 Å². The number of piperidine rings is 1. The van der Waals surface area contributed by atoms with E-state index >= 15 is 0 Å². The number of nitriles is 1. The predicted molar refractivity (Wildman–Crippen MR) is 124 cm³/mol. The zero-order valence-electron chi connectivity index (χ0n) is 19.0. The van der Waals surface area contributed by atoms with Crippen LogP contribution in [0.2, 0.25) is 0 Å². The van der Waals surface area contributed by atoms with Crippen LogP contribution in [-0.2, 0) is 20.7 Å². The van der Waals surface area contributed by atoms with Gasteiger partial charge in [-0.2, -0.15) is 5.26 Å². The zero-order chi connectivity index (χ0) is 24.1. The molecule has 2 bridgehead atoms. The number of benzene rings is 1. The molecule has 8 nitrogen and oxygen atoms in total. The van der Waals surface area contributed by atoms with Crippen molar-refractivity contribution in [2.24, 2.45) is 11.8 Å². The summed E-state index contributed by atoms with van der Waals surface area (Å²) in [5.41, 5.74) is 1.10. The molecule has 1 saturated carbocycles. The molecule has 3 fully saturated rings. The fourth-order valence-corrected chi connectivity index (χ4v) is 5.09. The Labute approximate surface area is 198 Å². The van der Waals surface area contributed by atoms with Crippen LogP contribution in [0.3, 0.4) is 0 Å². The Kier molecular flexibility index (Phi) is 7.70. The Morgan fingerprint density at radius 1 is 1.26 bits per heavy atom. The second-order valence-electron chi connectivity index (χ2n) is 9.25. The number of amides is 2. The minimum Gasteiger partial charge on any atom is -0.381 e. The number of hydrogen-bond donors (Lipinski definition) is 4. The lowest BCUT2D eigenvalue weighted by Crippen LogP contribution is -2.50. The molecule has 4 rings (SSSR count). The molecule has 1 aromatic rings. The molecule has 4 atom stereocenters. The van der Waals surface area contributed by atoms with Crippen molar-refractivity contribution in [2.45, 2.75) is 56.7 Å². The number of rotatable bonds is 8. The van der Waals surface area contributed by atoms with E-state index in [2.05, 4.69) is 22.0 Å². The Balaban J connectivity index is 1.37. The molecular formula is C25H30FN5O3. The van der Waals surface area contributed by atoms with Crippen molar-refractivity contribution >= 4 is 23.6 Å². The van der Waals surface area contributed by atoms with E-state index in [9.17, 15) is 19.2 Å². The molecule has 2 heterocycles. The maximum absolute atomic E-state index is 14.9. The van der Waals surface area contributed by atoms with Crippen LogP contribution in [0, 0.1) is 34.4 Å². The van der Waals surface area contributed by atoms with E-state index < -0.39 is 11.9 Å². The van der Waals surface area contributed by atoms with Crippen molar-refractivity contribution in [2.75, 3.05) is 13.2 Å². The van der Waals surface area contributed by atoms with Gasteiger partial charge in [0, 0.05) is 49.6 Å². The fraction of sp³-hybridized carbons (Fsp3) is 0.520. The maximum Gasteiger partial charge on any atom is 0.238 e. The van der Waals surface area contributed by atoms with Gasteiger partial charge in [0.25, 0.3) is 0 Å². The van der Waals surface area contributed by atoms with Crippen LogP contribution in [0.4, 0.5) is 4.39 Å². The van der Waals surface area contributed by atoms with E-state index in [-0.39, 0.29) is 30.2 Å². The lowest BCUT2D eigenvalue weighted by atomic mass is 9.98. The average molecular weight is 468 g/mol. The topological polar surface area (TPSA) is 127 Å². The number of allylic oxidation sites excluding steroid dienone is 1. The zero-order valence-corrected chi connectivity index (χ0v) is 19.0. The highest BCUT2D eigenvalue weighted by molar-refractivity contribution is 6.08. The minimum atomic E-state index is -0.842. The van der Waals surface area contributed by atoms with E-state index in [4.69, 9.17) is 10.1 Å². The summed E-state index contributed by atoms with van der Waals surface area (Å²) in [6.45, 7) is 1.10. The van der Waals surface area contributed by atoms with Gasteiger partial charge >= 0.3 is 0 Å². The lowest BCUT2D eigenvalue weighted by Gasteiger charge is -2.23. The molecule has 4 N–H and O–H groups in total. The highest BCUT2D eigenvalue weighted by Crippen LogP contribution is 2.35. The Morgan fingerprint density at radius 2 is 2.06 bits per heavy atom. The van der Waals surface area contributed by atoms with Crippen LogP contribution >= 0.6 is 0 Å². The fourth-order valence-electron chi connectivity index (χ4n) is 5.09. The van der Waals surface area contributed by atoms with Crippen LogP contribution in [0.5, 0.6) is 0 Å². The molecule has 2 saturated heterocycles. The largest absolute Gasteiger partial charge is 0.381 e. The number of ether oxygens (including phenoxy) is 1. The Morgan fingerprint density at radius 3 is 2.68 bits per heavy atom. The molecule has 9 heteroatoms. The SMILES string of the molecule is N#C[C@H](Cc1ccc(/C(C=N)=C/NC(=O)C2CCOCC2)cc1F)NC(=O)[C@H]1N[C@@H]2CC[C@H]1C2. The molecular weight excluding hydrogens is 437 g/mol. The van der Waals surface area contributed by atoms with E-state index in [1.807, 2.05) is 0 Å². The standard InChI is InChI=1S/C25H30FN5O3/c26-22-11-16(19(12-27)14-29-24(32)15-5-7-34-8-6-15)1-2-17(22)9-21(13-28)31-25(33)23-18-3-4-20(10-18)30-23/h1-2,11-12,14-15,18,20-21,23,27,30H,3-10H2,(H,29,32)(H,31,33)/b19-14+,27-12?/t18-,20+,21-,23-/m0/s1. The number of carbonyl (C=O) groups is 2. The normalized spacial score (nSPS) is 25.4. The number of halogens is 1. The molecule has 2 aliphatic heterocycles. The smallest absolute Gasteiger partial charge is 0.238 e. The maximum atomic E-state index is 14.9. The third-order valence-corrected chi connectivity index (χ3v) is 7.04. The van der Waals surface area contributed by atoms with E-state index in [0.717, 1.165) is 25.5 Å². The first-order valence-electron chi connectivity index (χ1n) is 11.8. The summed E-state index contributed by atoms with van der Waals surface area (Å²) >= 11 is 0. The van der Waals surface area contributed by atoms with Crippen LogP contribution < -0.4 is 16.0 Å². The van der Waals surface area contributed by atoms with Crippen LogP contribution in [0.15, 0.2) is 24.4 Å². The summed E-state index contributed by atoms with van der Waals surface area (Å²) in [4.78, 5) is 24.9. The second-order valence-corrected chi connectivity index (χ2v) is 9.25. The molecule has 0 unspecified atom stereocenters. The third kappa shape index (κ3) is 5.51. The average Bonchev–Trinajstić information content (AvgIpc) is 3.50. The molecule has 0 aromatic heterocycles. The van der Waals surface area contributed by atoms with Crippen molar-refractivity contribution in [3.05, 3.63) is 41.3 Å². The summed E-state index contributed by atoms with van der Waals surface area (Å²) in [6.07, 6.45) is 6.90. The summed E-state index contributed by atoms with van der Waals surface area (Å²) in [5.74, 6) is -0.710. The Hall–Kier alpha value is -3.09. The third-order valence-electron chi connectivity index (χ3n) is 7.04. The molecule has 1 aromatic carbocycles. The van der Waals surface area contributed by atoms with E-state index in [1.165, 1.54) is 12.3 Å². The number of hydrogen-bond acceptors (Lipinski definition) is 6. The van der Waals surface area contributed by atoms with Gasteiger partial charge in [0.2, 0.25) is 11.8 Å². The number of nitrogens with zero attached hydrogens (tertiary/aromatic N) is 1. The van der Waals surface area contributed by atoms with Crippen molar-refractivity contribution in [1.29, 1.82) is 10.7 Å². The van der Waals surface area contributed by atoms with E-state index in [1.54, 1.807) is 12.1 Å². The first-order chi connectivity index (χ1) is 16.5. The molecule has 1 aliphatic carbocycles. The van der Waals surface area contributed by atoms with Gasteiger partial charge in [0.1, 0.15) is 11.9 Å². The van der Waals surface area contributed by atoms with Crippen molar-refractivity contribution in [3.8, 4) is 6.07 Å². The first kappa shape index (κ1) is 24.0. The quantitative estimate of drug-likeness (QED) is 0.435. The van der Waals surface area contributed by atoms with Gasteiger partial charge in [-0.1, -0.05) is 12.1 Å². The molecule has 2 amide bonds. The first-order valence-corrected chi connectivity index (χ1v) is 11.8. The number of fused-ring (bicyclic) bond motifs is 2. The number of nitrogens with one attached hydrogen (secondary N) is 4. The highest BCUT2D eigenvalue weighted by Gasteiger charge is 2.43. The molecule has 34 heavy (non-hydrogen) atoms. The summed E-state index contributed by atoms with van der Waals surface area (Å²) in [5, 5.41) is 25.9. The van der Waals surface area contributed by atoms with Gasteiger partial charge in [-0.3, -0.25) is 9.59 Å². The minimum absolute atomic E-state index is 0.0410. The Bertz CT molecular complexity index is 1010. The van der Waals surface area contributed by atoms with Crippen molar-refractivity contribution in [1.82, 2.24) is 16.0 Å².